The lowest BCUT2D eigenvalue weighted by Crippen LogP contribution is -2.15. The Hall–Kier alpha value is -3.07. The van der Waals surface area contributed by atoms with E-state index in [4.69, 9.17) is 0 Å². The van der Waals surface area contributed by atoms with Crippen LogP contribution in [0.15, 0.2) is 48.8 Å². The number of carbonyl (C=O) groups is 1. The molecule has 184 valence electrons. The fourth-order valence-electron chi connectivity index (χ4n) is 6.54. The topological polar surface area (TPSA) is 42.9 Å². The van der Waals surface area contributed by atoms with E-state index in [9.17, 15) is 4.79 Å². The molecule has 3 heteroatoms. The molecule has 0 aliphatic heterocycles. The van der Waals surface area contributed by atoms with Gasteiger partial charge in [-0.3, -0.25) is 9.78 Å². The standard InChI is InChI=1S/C33H36N2O/c1-21-14-25(10-13-30(21)26-11-8-24(9-12-26)15-23-6-7-23)16-29-18-28(31-20-34-19-22(2)35-31)17-27-4-3-5-32(36)33(27)29/h3-4,10,13-14,17-20,23-24,26H,5-9,11-12,15-16H2,1-2H3. The number of allylic oxidation sites excluding steroid dienone is 1. The van der Waals surface area contributed by atoms with Crippen molar-refractivity contribution in [2.45, 2.75) is 77.6 Å². The SMILES string of the molecule is Cc1cncc(-c2cc3c(c(Cc4ccc(C5CCC(CC6CC6)CC5)c(C)c4)c2)C(=O)CC=C3)n1. The summed E-state index contributed by atoms with van der Waals surface area (Å²) in [5.74, 6) is 2.94. The van der Waals surface area contributed by atoms with Gasteiger partial charge >= 0.3 is 0 Å². The highest BCUT2D eigenvalue weighted by molar-refractivity contribution is 6.04. The number of aryl methyl sites for hydroxylation is 2. The van der Waals surface area contributed by atoms with Crippen LogP contribution in [0, 0.1) is 25.7 Å². The van der Waals surface area contributed by atoms with Gasteiger partial charge in [0.05, 0.1) is 17.6 Å². The average molecular weight is 477 g/mol. The molecule has 3 aromatic rings. The minimum atomic E-state index is 0.209. The second-order valence-electron chi connectivity index (χ2n) is 11.4. The molecule has 0 radical (unpaired) electrons. The smallest absolute Gasteiger partial charge is 0.167 e. The number of fused-ring (bicyclic) bond motifs is 1. The van der Waals surface area contributed by atoms with Gasteiger partial charge in [-0.05, 0) is 110 Å². The largest absolute Gasteiger partial charge is 0.294 e. The Morgan fingerprint density at radius 3 is 2.42 bits per heavy atom. The van der Waals surface area contributed by atoms with Crippen LogP contribution in [0.25, 0.3) is 17.3 Å². The molecule has 1 aromatic heterocycles. The van der Waals surface area contributed by atoms with Gasteiger partial charge in [-0.1, -0.05) is 43.2 Å². The minimum Gasteiger partial charge on any atom is -0.294 e. The van der Waals surface area contributed by atoms with E-state index >= 15 is 0 Å². The van der Waals surface area contributed by atoms with Gasteiger partial charge in [-0.2, -0.15) is 0 Å². The molecule has 1 heterocycles. The lowest BCUT2D eigenvalue weighted by molar-refractivity contribution is 0.0994. The number of carbonyl (C=O) groups excluding carboxylic acids is 1. The van der Waals surface area contributed by atoms with E-state index in [-0.39, 0.29) is 5.78 Å². The normalized spacial score (nSPS) is 21.4. The van der Waals surface area contributed by atoms with Gasteiger partial charge in [0, 0.05) is 23.7 Å². The van der Waals surface area contributed by atoms with Gasteiger partial charge in [0.25, 0.3) is 0 Å². The predicted molar refractivity (Wildman–Crippen MR) is 146 cm³/mol. The molecule has 0 atom stereocenters. The number of Topliss-reactive ketones (excluding diaryl/α,β-unsaturated/α-hetero) is 1. The van der Waals surface area contributed by atoms with Crippen LogP contribution >= 0.6 is 0 Å². The maximum Gasteiger partial charge on any atom is 0.167 e. The fraction of sp³-hybridized carbons (Fsp3) is 0.424. The molecule has 2 fully saturated rings. The minimum absolute atomic E-state index is 0.209. The zero-order valence-corrected chi connectivity index (χ0v) is 21.6. The van der Waals surface area contributed by atoms with Gasteiger partial charge < -0.3 is 0 Å². The molecule has 0 spiro atoms. The van der Waals surface area contributed by atoms with Crippen molar-refractivity contribution in [3.8, 4) is 11.3 Å². The lowest BCUT2D eigenvalue weighted by atomic mass is 9.75. The van der Waals surface area contributed by atoms with Crippen molar-refractivity contribution in [3.05, 3.63) is 87.9 Å². The van der Waals surface area contributed by atoms with Crippen LogP contribution < -0.4 is 0 Å². The molecule has 2 saturated carbocycles. The molecule has 0 unspecified atom stereocenters. The zero-order valence-electron chi connectivity index (χ0n) is 21.6. The summed E-state index contributed by atoms with van der Waals surface area (Å²) in [6.07, 6.45) is 18.8. The van der Waals surface area contributed by atoms with E-state index in [2.05, 4.69) is 53.3 Å². The van der Waals surface area contributed by atoms with Crippen molar-refractivity contribution in [1.82, 2.24) is 9.97 Å². The summed E-state index contributed by atoms with van der Waals surface area (Å²) in [4.78, 5) is 22.0. The number of ketones is 1. The molecule has 6 rings (SSSR count). The van der Waals surface area contributed by atoms with Crippen LogP contribution in [0.3, 0.4) is 0 Å². The predicted octanol–water partition coefficient (Wildman–Crippen LogP) is 8.02. The number of aromatic nitrogens is 2. The molecule has 2 aromatic carbocycles. The molecule has 3 aliphatic rings. The Kier molecular flexibility index (Phi) is 6.33. The van der Waals surface area contributed by atoms with Gasteiger partial charge in [-0.15, -0.1) is 0 Å². The van der Waals surface area contributed by atoms with Crippen LogP contribution in [-0.4, -0.2) is 15.8 Å². The summed E-state index contributed by atoms with van der Waals surface area (Å²) < 4.78 is 0. The first-order valence-electron chi connectivity index (χ1n) is 13.8. The molecule has 0 saturated heterocycles. The molecule has 0 amide bonds. The lowest BCUT2D eigenvalue weighted by Gasteiger charge is -2.30. The van der Waals surface area contributed by atoms with Gasteiger partial charge in [0.15, 0.2) is 5.78 Å². The molecule has 0 N–H and O–H groups in total. The van der Waals surface area contributed by atoms with Crippen LogP contribution in [0.5, 0.6) is 0 Å². The average Bonchev–Trinajstić information content (AvgIpc) is 3.69. The van der Waals surface area contributed by atoms with E-state index in [1.807, 2.05) is 19.2 Å². The Labute approximate surface area is 215 Å². The first-order chi connectivity index (χ1) is 17.5. The van der Waals surface area contributed by atoms with Crippen LogP contribution in [0.4, 0.5) is 0 Å². The van der Waals surface area contributed by atoms with Gasteiger partial charge in [-0.25, -0.2) is 4.98 Å². The number of benzene rings is 2. The van der Waals surface area contributed by atoms with Crippen molar-refractivity contribution < 1.29 is 4.79 Å². The van der Waals surface area contributed by atoms with Crippen molar-refractivity contribution >= 4 is 11.9 Å². The van der Waals surface area contributed by atoms with Crippen molar-refractivity contribution in [2.75, 3.05) is 0 Å². The molecular formula is C33H36N2O. The van der Waals surface area contributed by atoms with Crippen LogP contribution in [0.2, 0.25) is 0 Å². The van der Waals surface area contributed by atoms with E-state index in [1.54, 1.807) is 6.20 Å². The number of hydrogen-bond donors (Lipinski definition) is 0. The Balaban J connectivity index is 1.26. The highest BCUT2D eigenvalue weighted by Crippen LogP contribution is 2.44. The first-order valence-corrected chi connectivity index (χ1v) is 13.8. The summed E-state index contributed by atoms with van der Waals surface area (Å²) in [5.41, 5.74) is 9.95. The molecule has 0 bridgehead atoms. The van der Waals surface area contributed by atoms with Crippen LogP contribution in [-0.2, 0) is 6.42 Å². The van der Waals surface area contributed by atoms with E-state index in [1.165, 1.54) is 61.6 Å². The summed E-state index contributed by atoms with van der Waals surface area (Å²) in [6, 6.07) is 11.3. The summed E-state index contributed by atoms with van der Waals surface area (Å²) in [6.45, 7) is 4.24. The molecule has 36 heavy (non-hydrogen) atoms. The molecule has 3 nitrogen and oxygen atoms in total. The second-order valence-corrected chi connectivity index (χ2v) is 11.4. The summed E-state index contributed by atoms with van der Waals surface area (Å²) in [7, 11) is 0. The maximum atomic E-state index is 12.9. The van der Waals surface area contributed by atoms with E-state index in [0.717, 1.165) is 51.9 Å². The Bertz CT molecular complexity index is 1330. The van der Waals surface area contributed by atoms with Crippen LogP contribution in [0.1, 0.15) is 101 Å². The fourth-order valence-corrected chi connectivity index (χ4v) is 6.54. The van der Waals surface area contributed by atoms with Gasteiger partial charge in [0.1, 0.15) is 0 Å². The molecule has 3 aliphatic carbocycles. The number of nitrogens with zero attached hydrogens (tertiary/aromatic N) is 2. The monoisotopic (exact) mass is 476 g/mol. The number of hydrogen-bond acceptors (Lipinski definition) is 3. The van der Waals surface area contributed by atoms with Crippen molar-refractivity contribution in [2.24, 2.45) is 11.8 Å². The highest BCUT2D eigenvalue weighted by atomic mass is 16.1. The number of rotatable bonds is 6. The quantitative estimate of drug-likeness (QED) is 0.362. The Morgan fingerprint density at radius 2 is 1.69 bits per heavy atom. The van der Waals surface area contributed by atoms with Gasteiger partial charge in [0.2, 0.25) is 0 Å². The summed E-state index contributed by atoms with van der Waals surface area (Å²) in [5, 5.41) is 0. The Morgan fingerprint density at radius 1 is 0.917 bits per heavy atom. The van der Waals surface area contributed by atoms with Crippen molar-refractivity contribution in [3.63, 3.8) is 0 Å². The van der Waals surface area contributed by atoms with E-state index < -0.39 is 0 Å². The van der Waals surface area contributed by atoms with Crippen molar-refractivity contribution in [1.29, 1.82) is 0 Å². The van der Waals surface area contributed by atoms with E-state index in [0.29, 0.717) is 12.3 Å². The molecular weight excluding hydrogens is 440 g/mol. The first kappa shape index (κ1) is 23.3. The summed E-state index contributed by atoms with van der Waals surface area (Å²) >= 11 is 0. The third kappa shape index (κ3) is 4.93. The second kappa shape index (κ2) is 9.76. The maximum absolute atomic E-state index is 12.9. The third-order valence-electron chi connectivity index (χ3n) is 8.56. The third-order valence-corrected chi connectivity index (χ3v) is 8.56. The highest BCUT2D eigenvalue weighted by Gasteiger charge is 2.29. The zero-order chi connectivity index (χ0) is 24.6.